The number of aromatic nitrogens is 1. The van der Waals surface area contributed by atoms with Crippen molar-refractivity contribution >= 4 is 38.2 Å². The zero-order chi connectivity index (χ0) is 17.5. The fourth-order valence-electron chi connectivity index (χ4n) is 2.86. The van der Waals surface area contributed by atoms with Crippen molar-refractivity contribution < 1.29 is 13.2 Å². The molecule has 0 atom stereocenters. The van der Waals surface area contributed by atoms with E-state index in [9.17, 15) is 13.2 Å². The first-order valence-corrected chi connectivity index (χ1v) is 9.81. The van der Waals surface area contributed by atoms with Gasteiger partial charge in [0.2, 0.25) is 0 Å². The van der Waals surface area contributed by atoms with Gasteiger partial charge in [-0.25, -0.2) is 8.42 Å². The molecule has 7 heteroatoms. The maximum absolute atomic E-state index is 12.9. The Hall–Kier alpha value is -1.66. The molecule has 1 aliphatic heterocycles. The van der Waals surface area contributed by atoms with E-state index in [2.05, 4.69) is 4.98 Å². The number of fused-ring (bicyclic) bond motifs is 1. The molecule has 0 N–H and O–H groups in total. The van der Waals surface area contributed by atoms with Crippen LogP contribution >= 0.6 is 11.6 Å². The number of pyridine rings is 1. The molecule has 2 aromatic rings. The molecule has 0 radical (unpaired) electrons. The summed E-state index contributed by atoms with van der Waals surface area (Å²) in [7, 11) is -3.23. The number of carbonyl (C=O) groups is 1. The van der Waals surface area contributed by atoms with Crippen LogP contribution < -0.4 is 0 Å². The Bertz CT molecular complexity index is 909. The van der Waals surface area contributed by atoms with Gasteiger partial charge >= 0.3 is 0 Å². The Morgan fingerprint density at radius 3 is 2.75 bits per heavy atom. The van der Waals surface area contributed by atoms with Crippen LogP contribution in [0.4, 0.5) is 0 Å². The Morgan fingerprint density at radius 1 is 1.25 bits per heavy atom. The predicted molar refractivity (Wildman–Crippen MR) is 95.1 cm³/mol. The van der Waals surface area contributed by atoms with E-state index < -0.39 is 14.6 Å². The monoisotopic (exact) mass is 366 g/mol. The smallest absolute Gasteiger partial charge is 0.256 e. The van der Waals surface area contributed by atoms with Gasteiger partial charge in [0.25, 0.3) is 5.91 Å². The number of amides is 1. The van der Waals surface area contributed by atoms with Crippen LogP contribution in [-0.4, -0.2) is 47.8 Å². The van der Waals surface area contributed by atoms with E-state index in [1.807, 2.05) is 6.07 Å². The highest BCUT2D eigenvalue weighted by Gasteiger charge is 2.38. The molecule has 1 aromatic carbocycles. The van der Waals surface area contributed by atoms with Crippen molar-refractivity contribution in [2.45, 2.75) is 25.0 Å². The third-order valence-electron chi connectivity index (χ3n) is 4.69. The van der Waals surface area contributed by atoms with E-state index in [1.165, 1.54) is 0 Å². The molecule has 0 saturated carbocycles. The van der Waals surface area contributed by atoms with E-state index in [0.717, 1.165) is 0 Å². The van der Waals surface area contributed by atoms with E-state index in [1.54, 1.807) is 43.1 Å². The molecule has 128 valence electrons. The molecule has 5 nitrogen and oxygen atoms in total. The highest BCUT2D eigenvalue weighted by Crippen LogP contribution is 2.28. The summed E-state index contributed by atoms with van der Waals surface area (Å²) in [4.78, 5) is 18.8. The van der Waals surface area contributed by atoms with E-state index in [4.69, 9.17) is 11.6 Å². The third kappa shape index (κ3) is 2.89. The number of sulfone groups is 1. The first-order valence-electron chi connectivity index (χ1n) is 7.78. The molecule has 1 aromatic heterocycles. The number of hydrogen-bond acceptors (Lipinski definition) is 4. The van der Waals surface area contributed by atoms with Crippen LogP contribution in [0.3, 0.4) is 0 Å². The van der Waals surface area contributed by atoms with Gasteiger partial charge in [0.05, 0.1) is 26.6 Å². The van der Waals surface area contributed by atoms with Crippen molar-refractivity contribution in [2.24, 2.45) is 0 Å². The van der Waals surface area contributed by atoms with Gasteiger partial charge in [0, 0.05) is 24.7 Å². The largest absolute Gasteiger partial charge is 0.338 e. The summed E-state index contributed by atoms with van der Waals surface area (Å²) in [5, 5.41) is 1.25. The topological polar surface area (TPSA) is 67.3 Å². The van der Waals surface area contributed by atoms with Crippen LogP contribution in [-0.2, 0) is 9.84 Å². The Balaban J connectivity index is 1.98. The molecule has 24 heavy (non-hydrogen) atoms. The van der Waals surface area contributed by atoms with Gasteiger partial charge in [-0.1, -0.05) is 11.6 Å². The summed E-state index contributed by atoms with van der Waals surface area (Å²) in [6, 6.07) is 6.92. The summed E-state index contributed by atoms with van der Waals surface area (Å²) in [5.74, 6) is -0.228. The Labute approximate surface area is 146 Å². The fraction of sp³-hybridized carbons (Fsp3) is 0.412. The van der Waals surface area contributed by atoms with Gasteiger partial charge in [-0.2, -0.15) is 0 Å². The van der Waals surface area contributed by atoms with E-state index in [0.29, 0.717) is 34.5 Å². The highest BCUT2D eigenvalue weighted by molar-refractivity contribution is 7.92. The molecule has 0 bridgehead atoms. The quantitative estimate of drug-likeness (QED) is 0.778. The average Bonchev–Trinajstić information content (AvgIpc) is 2.64. The number of benzene rings is 1. The standard InChI is InChI=1S/C17H19ClN2O3S/c1-17(2)7-9-20(10-11-24(17,22)23)16(21)13-5-6-14(18)12-4-3-8-19-15(12)13/h3-6,8H,7,9-11H2,1-2H3. The van der Waals surface area contributed by atoms with Crippen LogP contribution in [0.15, 0.2) is 30.5 Å². The zero-order valence-electron chi connectivity index (χ0n) is 13.6. The summed E-state index contributed by atoms with van der Waals surface area (Å²) >= 11 is 6.18. The lowest BCUT2D eigenvalue weighted by Gasteiger charge is -2.23. The van der Waals surface area contributed by atoms with Crippen LogP contribution in [0.5, 0.6) is 0 Å². The molecule has 1 aliphatic rings. The van der Waals surface area contributed by atoms with Gasteiger partial charge in [-0.3, -0.25) is 9.78 Å². The molecule has 2 heterocycles. The normalized spacial score (nSPS) is 19.9. The highest BCUT2D eigenvalue weighted by atomic mass is 35.5. The lowest BCUT2D eigenvalue weighted by atomic mass is 10.1. The van der Waals surface area contributed by atoms with Crippen LogP contribution in [0.25, 0.3) is 10.9 Å². The number of rotatable bonds is 1. The fourth-order valence-corrected chi connectivity index (χ4v) is 4.49. The van der Waals surface area contributed by atoms with Crippen molar-refractivity contribution in [3.05, 3.63) is 41.0 Å². The third-order valence-corrected chi connectivity index (χ3v) is 7.63. The minimum absolute atomic E-state index is 0.0231. The maximum Gasteiger partial charge on any atom is 0.256 e. The Morgan fingerprint density at radius 2 is 2.00 bits per heavy atom. The first kappa shape index (κ1) is 17.2. The number of halogens is 1. The summed E-state index contributed by atoms with van der Waals surface area (Å²) in [5.41, 5.74) is 0.994. The Kier molecular flexibility index (Phi) is 4.30. The minimum Gasteiger partial charge on any atom is -0.338 e. The van der Waals surface area contributed by atoms with Crippen molar-refractivity contribution in [3.63, 3.8) is 0 Å². The number of nitrogens with zero attached hydrogens (tertiary/aromatic N) is 2. The molecule has 0 spiro atoms. The second-order valence-corrected chi connectivity index (χ2v) is 9.77. The lowest BCUT2D eigenvalue weighted by Crippen LogP contribution is -2.33. The zero-order valence-corrected chi connectivity index (χ0v) is 15.2. The molecule has 3 rings (SSSR count). The summed E-state index contributed by atoms with van der Waals surface area (Å²) in [6.45, 7) is 4.04. The van der Waals surface area contributed by atoms with Crippen molar-refractivity contribution in [1.29, 1.82) is 0 Å². The minimum atomic E-state index is -3.23. The molecular formula is C17H19ClN2O3S. The SMILES string of the molecule is CC1(C)CCN(C(=O)c2ccc(Cl)c3cccnc23)CCS1(=O)=O. The summed E-state index contributed by atoms with van der Waals surface area (Å²) < 4.78 is 23.8. The van der Waals surface area contributed by atoms with Crippen molar-refractivity contribution in [1.82, 2.24) is 9.88 Å². The predicted octanol–water partition coefficient (Wildman–Crippen LogP) is 2.93. The second-order valence-electron chi connectivity index (χ2n) is 6.62. The van der Waals surface area contributed by atoms with E-state index >= 15 is 0 Å². The van der Waals surface area contributed by atoms with Gasteiger partial charge in [-0.15, -0.1) is 0 Å². The molecular weight excluding hydrogens is 348 g/mol. The van der Waals surface area contributed by atoms with Crippen LogP contribution in [0.2, 0.25) is 5.02 Å². The van der Waals surface area contributed by atoms with Crippen molar-refractivity contribution in [3.8, 4) is 0 Å². The summed E-state index contributed by atoms with van der Waals surface area (Å²) in [6.07, 6.45) is 2.03. The molecule has 0 aliphatic carbocycles. The first-order chi connectivity index (χ1) is 11.2. The van der Waals surface area contributed by atoms with Gasteiger partial charge in [-0.05, 0) is 44.5 Å². The van der Waals surface area contributed by atoms with E-state index in [-0.39, 0.29) is 18.2 Å². The van der Waals surface area contributed by atoms with Gasteiger partial charge in [0.1, 0.15) is 0 Å². The lowest BCUT2D eigenvalue weighted by molar-refractivity contribution is 0.0766. The molecule has 1 saturated heterocycles. The van der Waals surface area contributed by atoms with Crippen molar-refractivity contribution in [2.75, 3.05) is 18.8 Å². The maximum atomic E-state index is 12.9. The average molecular weight is 367 g/mol. The molecule has 0 unspecified atom stereocenters. The van der Waals surface area contributed by atoms with Gasteiger partial charge in [0.15, 0.2) is 9.84 Å². The van der Waals surface area contributed by atoms with Gasteiger partial charge < -0.3 is 4.90 Å². The van der Waals surface area contributed by atoms with Crippen LogP contribution in [0, 0.1) is 0 Å². The molecule has 1 amide bonds. The van der Waals surface area contributed by atoms with Crippen LogP contribution in [0.1, 0.15) is 30.6 Å². The molecule has 1 fully saturated rings. The second kappa shape index (κ2) is 6.01. The number of carbonyl (C=O) groups excluding carboxylic acids is 1. The number of hydrogen-bond donors (Lipinski definition) is 0.